The van der Waals surface area contributed by atoms with Gasteiger partial charge in [-0.2, -0.15) is 0 Å². The van der Waals surface area contributed by atoms with Crippen LogP contribution < -0.4 is 4.74 Å². The van der Waals surface area contributed by atoms with Gasteiger partial charge >= 0.3 is 0 Å². The molecule has 0 fully saturated rings. The summed E-state index contributed by atoms with van der Waals surface area (Å²) in [6.45, 7) is 2.02. The van der Waals surface area contributed by atoms with Gasteiger partial charge in [0, 0.05) is 7.05 Å². The summed E-state index contributed by atoms with van der Waals surface area (Å²) in [6, 6.07) is 0. The van der Waals surface area contributed by atoms with E-state index in [0.29, 0.717) is 11.0 Å². The number of rotatable bonds is 2. The Bertz CT molecular complexity index is 257. The summed E-state index contributed by atoms with van der Waals surface area (Å²) in [6.07, 6.45) is 0.843. The van der Waals surface area contributed by atoms with Gasteiger partial charge in [-0.1, -0.05) is 18.5 Å². The molecule has 0 bridgehead atoms. The van der Waals surface area contributed by atoms with Crippen molar-refractivity contribution in [1.82, 2.24) is 9.78 Å². The molecule has 1 rings (SSSR count). The summed E-state index contributed by atoms with van der Waals surface area (Å²) >= 11 is 5.91. The maximum Gasteiger partial charge on any atom is 0.237 e. The lowest BCUT2D eigenvalue weighted by Crippen LogP contribution is -1.90. The van der Waals surface area contributed by atoms with Crippen molar-refractivity contribution in [2.24, 2.45) is 7.05 Å². The van der Waals surface area contributed by atoms with Crippen LogP contribution in [0.5, 0.6) is 5.88 Å². The number of ether oxygens (including phenoxy) is 1. The molecule has 0 aliphatic heterocycles. The highest BCUT2D eigenvalue weighted by Gasteiger charge is 2.11. The van der Waals surface area contributed by atoms with E-state index in [-0.39, 0.29) is 0 Å². The van der Waals surface area contributed by atoms with Gasteiger partial charge in [0.25, 0.3) is 0 Å². The van der Waals surface area contributed by atoms with Crippen LogP contribution in [-0.4, -0.2) is 16.9 Å². The van der Waals surface area contributed by atoms with Crippen LogP contribution in [0.25, 0.3) is 0 Å². The van der Waals surface area contributed by atoms with E-state index in [1.165, 1.54) is 0 Å². The van der Waals surface area contributed by atoms with Crippen molar-refractivity contribution in [2.45, 2.75) is 13.3 Å². The van der Waals surface area contributed by atoms with E-state index in [9.17, 15) is 0 Å². The molecule has 0 aliphatic carbocycles. The predicted octanol–water partition coefficient (Wildman–Crippen LogP) is 1.64. The molecule has 0 saturated heterocycles. The lowest BCUT2D eigenvalue weighted by Gasteiger charge is -1.95. The fraction of sp³-hybridized carbons (Fsp3) is 0.571. The van der Waals surface area contributed by atoms with Gasteiger partial charge in [0.15, 0.2) is 0 Å². The molecular formula is C7H11ClN2O. The highest BCUT2D eigenvalue weighted by Crippen LogP contribution is 2.24. The minimum absolute atomic E-state index is 0.625. The molecule has 0 N–H and O–H groups in total. The molecule has 3 nitrogen and oxygen atoms in total. The van der Waals surface area contributed by atoms with E-state index in [2.05, 4.69) is 5.10 Å². The van der Waals surface area contributed by atoms with Crippen LogP contribution in [-0.2, 0) is 13.5 Å². The molecule has 4 heteroatoms. The van der Waals surface area contributed by atoms with Crippen LogP contribution in [0.15, 0.2) is 0 Å². The Kier molecular flexibility index (Phi) is 2.39. The third kappa shape index (κ3) is 1.33. The zero-order chi connectivity index (χ0) is 8.43. The molecule has 0 aliphatic rings. The van der Waals surface area contributed by atoms with Crippen LogP contribution in [0, 0.1) is 0 Å². The second-order valence-electron chi connectivity index (χ2n) is 2.26. The van der Waals surface area contributed by atoms with Crippen molar-refractivity contribution in [1.29, 1.82) is 0 Å². The topological polar surface area (TPSA) is 27.1 Å². The first-order chi connectivity index (χ1) is 5.20. The molecule has 1 aromatic rings. The quantitative estimate of drug-likeness (QED) is 0.682. The molecule has 0 unspecified atom stereocenters. The summed E-state index contributed by atoms with van der Waals surface area (Å²) in [5.41, 5.74) is 0.969. The monoisotopic (exact) mass is 174 g/mol. The Morgan fingerprint density at radius 2 is 2.27 bits per heavy atom. The van der Waals surface area contributed by atoms with Crippen LogP contribution in [0.3, 0.4) is 0 Å². The van der Waals surface area contributed by atoms with Crippen LogP contribution in [0.2, 0.25) is 5.15 Å². The molecule has 0 amide bonds. The maximum atomic E-state index is 5.91. The molecule has 62 valence electrons. The van der Waals surface area contributed by atoms with E-state index in [0.717, 1.165) is 12.0 Å². The fourth-order valence-corrected chi connectivity index (χ4v) is 1.24. The van der Waals surface area contributed by atoms with Crippen LogP contribution in [0.4, 0.5) is 0 Å². The van der Waals surface area contributed by atoms with Crippen molar-refractivity contribution in [3.63, 3.8) is 0 Å². The first-order valence-corrected chi connectivity index (χ1v) is 3.83. The highest BCUT2D eigenvalue weighted by atomic mass is 35.5. The largest absolute Gasteiger partial charge is 0.480 e. The van der Waals surface area contributed by atoms with Crippen molar-refractivity contribution in [3.05, 3.63) is 10.7 Å². The minimum Gasteiger partial charge on any atom is -0.480 e. The Morgan fingerprint density at radius 1 is 1.64 bits per heavy atom. The van der Waals surface area contributed by atoms with Crippen molar-refractivity contribution < 1.29 is 4.74 Å². The van der Waals surface area contributed by atoms with Crippen molar-refractivity contribution in [2.75, 3.05) is 7.11 Å². The minimum atomic E-state index is 0.625. The van der Waals surface area contributed by atoms with Crippen molar-refractivity contribution in [3.8, 4) is 5.88 Å². The van der Waals surface area contributed by atoms with E-state index in [1.54, 1.807) is 18.8 Å². The first-order valence-electron chi connectivity index (χ1n) is 3.46. The van der Waals surface area contributed by atoms with Crippen molar-refractivity contribution >= 4 is 11.6 Å². The summed E-state index contributed by atoms with van der Waals surface area (Å²) < 4.78 is 6.63. The average Bonchev–Trinajstić information content (AvgIpc) is 2.28. The predicted molar refractivity (Wildman–Crippen MR) is 44.1 cm³/mol. The normalized spacial score (nSPS) is 10.2. The van der Waals surface area contributed by atoms with Gasteiger partial charge in [-0.15, -0.1) is 5.10 Å². The van der Waals surface area contributed by atoms with Gasteiger partial charge in [-0.25, -0.2) is 0 Å². The van der Waals surface area contributed by atoms with E-state index in [4.69, 9.17) is 16.3 Å². The zero-order valence-corrected chi connectivity index (χ0v) is 7.64. The number of nitrogens with zero attached hydrogens (tertiary/aromatic N) is 2. The number of aryl methyl sites for hydroxylation is 1. The second-order valence-corrected chi connectivity index (χ2v) is 2.61. The molecule has 0 atom stereocenters. The number of methoxy groups -OCH3 is 1. The highest BCUT2D eigenvalue weighted by molar-refractivity contribution is 6.30. The van der Waals surface area contributed by atoms with E-state index in [1.807, 2.05) is 6.92 Å². The van der Waals surface area contributed by atoms with Gasteiger partial charge in [0.2, 0.25) is 5.88 Å². The van der Waals surface area contributed by atoms with E-state index >= 15 is 0 Å². The number of hydrogen-bond acceptors (Lipinski definition) is 2. The molecule has 0 saturated carbocycles. The number of aromatic nitrogens is 2. The smallest absolute Gasteiger partial charge is 0.237 e. The third-order valence-electron chi connectivity index (χ3n) is 1.58. The second kappa shape index (κ2) is 3.13. The summed E-state index contributed by atoms with van der Waals surface area (Å²) in [5.74, 6) is 0.625. The summed E-state index contributed by atoms with van der Waals surface area (Å²) in [5, 5.41) is 4.72. The van der Waals surface area contributed by atoms with Gasteiger partial charge in [0.1, 0.15) is 5.15 Å². The lowest BCUT2D eigenvalue weighted by atomic mass is 10.3. The van der Waals surface area contributed by atoms with E-state index < -0.39 is 0 Å². The Hall–Kier alpha value is -0.700. The summed E-state index contributed by atoms with van der Waals surface area (Å²) in [7, 11) is 3.39. The fourth-order valence-electron chi connectivity index (χ4n) is 0.985. The molecule has 0 radical (unpaired) electrons. The standard InChI is InChI=1S/C7H11ClN2O/c1-4-5-6(8)10(2)9-7(5)11-3/h4H2,1-3H3. The lowest BCUT2D eigenvalue weighted by molar-refractivity contribution is 0.388. The summed E-state index contributed by atoms with van der Waals surface area (Å²) in [4.78, 5) is 0. The van der Waals surface area contributed by atoms with Gasteiger partial charge < -0.3 is 4.74 Å². The molecule has 0 aromatic carbocycles. The molecule has 1 heterocycles. The zero-order valence-electron chi connectivity index (χ0n) is 6.89. The molecule has 0 spiro atoms. The van der Waals surface area contributed by atoms with Gasteiger partial charge in [0.05, 0.1) is 12.7 Å². The SMILES string of the molecule is CCc1c(OC)nn(C)c1Cl. The van der Waals surface area contributed by atoms with Crippen LogP contribution in [0.1, 0.15) is 12.5 Å². The Morgan fingerprint density at radius 3 is 2.64 bits per heavy atom. The third-order valence-corrected chi connectivity index (χ3v) is 2.05. The number of hydrogen-bond donors (Lipinski definition) is 0. The first kappa shape index (κ1) is 8.40. The Labute approximate surface area is 70.9 Å². The van der Waals surface area contributed by atoms with Gasteiger partial charge in [-0.3, -0.25) is 4.68 Å². The average molecular weight is 175 g/mol. The molecule has 11 heavy (non-hydrogen) atoms. The molecular weight excluding hydrogens is 164 g/mol. The van der Waals surface area contributed by atoms with Crippen LogP contribution >= 0.6 is 11.6 Å². The maximum absolute atomic E-state index is 5.91. The Balaban J connectivity index is 3.15. The number of halogens is 1. The van der Waals surface area contributed by atoms with Gasteiger partial charge in [-0.05, 0) is 6.42 Å². The molecule has 1 aromatic heterocycles.